The summed E-state index contributed by atoms with van der Waals surface area (Å²) in [6, 6.07) is 12.0. The smallest absolute Gasteiger partial charge is 0.304 e. The van der Waals surface area contributed by atoms with Gasteiger partial charge in [-0.1, -0.05) is 24.3 Å². The van der Waals surface area contributed by atoms with E-state index >= 15 is 0 Å². The largest absolute Gasteiger partial charge is 0.481 e. The molecular weight excluding hydrogens is 228 g/mol. The van der Waals surface area contributed by atoms with Crippen LogP contribution in [0.25, 0.3) is 10.9 Å². The Bertz CT molecular complexity index is 554. The first-order valence-corrected chi connectivity index (χ1v) is 5.90. The molecule has 1 N–H and O–H groups in total. The molecule has 18 heavy (non-hydrogen) atoms. The molecule has 94 valence electrons. The van der Waals surface area contributed by atoms with Crippen LogP contribution < -0.4 is 0 Å². The topological polar surface area (TPSA) is 53.4 Å². The Balaban J connectivity index is 2.05. The quantitative estimate of drug-likeness (QED) is 0.875. The van der Waals surface area contributed by atoms with E-state index in [4.69, 9.17) is 5.11 Å². The average Bonchev–Trinajstić information content (AvgIpc) is 2.36. The number of benzene rings is 1. The van der Waals surface area contributed by atoms with E-state index in [2.05, 4.69) is 4.98 Å². The summed E-state index contributed by atoms with van der Waals surface area (Å²) in [5.74, 6) is -0.770. The summed E-state index contributed by atoms with van der Waals surface area (Å²) in [4.78, 5) is 17.0. The number of para-hydroxylation sites is 1. The fraction of sp³-hybridized carbons (Fsp3) is 0.286. The number of carboxylic acid groups (broad SMARTS) is 1. The van der Waals surface area contributed by atoms with Crippen molar-refractivity contribution >= 4 is 16.9 Å². The van der Waals surface area contributed by atoms with Crippen molar-refractivity contribution in [1.82, 2.24) is 9.88 Å². The van der Waals surface area contributed by atoms with Gasteiger partial charge in [0.1, 0.15) is 0 Å². The molecule has 1 heterocycles. The Hall–Kier alpha value is -1.94. The fourth-order valence-electron chi connectivity index (χ4n) is 1.84. The number of nitrogens with zero attached hydrogens (tertiary/aromatic N) is 2. The Morgan fingerprint density at radius 2 is 2.06 bits per heavy atom. The van der Waals surface area contributed by atoms with Gasteiger partial charge in [0.2, 0.25) is 0 Å². The van der Waals surface area contributed by atoms with Gasteiger partial charge in [0.15, 0.2) is 0 Å². The molecule has 0 spiro atoms. The molecule has 2 rings (SSSR count). The molecule has 0 bridgehead atoms. The van der Waals surface area contributed by atoms with Crippen molar-refractivity contribution < 1.29 is 9.90 Å². The minimum Gasteiger partial charge on any atom is -0.481 e. The Labute approximate surface area is 106 Å². The van der Waals surface area contributed by atoms with Gasteiger partial charge < -0.3 is 5.11 Å². The maximum atomic E-state index is 10.5. The van der Waals surface area contributed by atoms with Crippen molar-refractivity contribution in [2.45, 2.75) is 13.0 Å². The van der Waals surface area contributed by atoms with E-state index in [0.717, 1.165) is 16.6 Å². The van der Waals surface area contributed by atoms with Gasteiger partial charge in [0, 0.05) is 18.5 Å². The van der Waals surface area contributed by atoms with E-state index in [1.54, 1.807) is 0 Å². The van der Waals surface area contributed by atoms with Gasteiger partial charge >= 0.3 is 5.97 Å². The van der Waals surface area contributed by atoms with Gasteiger partial charge in [-0.3, -0.25) is 14.7 Å². The number of aromatic nitrogens is 1. The van der Waals surface area contributed by atoms with E-state index in [1.807, 2.05) is 48.3 Å². The van der Waals surface area contributed by atoms with E-state index in [1.165, 1.54) is 0 Å². The van der Waals surface area contributed by atoms with Crippen LogP contribution in [0, 0.1) is 0 Å². The number of aliphatic carboxylic acids is 1. The monoisotopic (exact) mass is 244 g/mol. The molecule has 0 radical (unpaired) electrons. The molecule has 0 aliphatic heterocycles. The highest BCUT2D eigenvalue weighted by atomic mass is 16.4. The zero-order chi connectivity index (χ0) is 13.0. The predicted octanol–water partition coefficient (Wildman–Crippen LogP) is 2.14. The first kappa shape index (κ1) is 12.5. The fourth-order valence-corrected chi connectivity index (χ4v) is 1.84. The van der Waals surface area contributed by atoms with Crippen LogP contribution in [-0.4, -0.2) is 34.6 Å². The molecule has 0 fully saturated rings. The number of fused-ring (bicyclic) bond motifs is 1. The lowest BCUT2D eigenvalue weighted by Crippen LogP contribution is -2.21. The molecule has 0 aliphatic carbocycles. The number of carboxylic acids is 1. The summed E-state index contributed by atoms with van der Waals surface area (Å²) in [6.45, 7) is 1.20. The van der Waals surface area contributed by atoms with Crippen LogP contribution in [0.15, 0.2) is 36.4 Å². The second kappa shape index (κ2) is 5.60. The van der Waals surface area contributed by atoms with Crippen molar-refractivity contribution in [3.8, 4) is 0 Å². The highest BCUT2D eigenvalue weighted by Gasteiger charge is 2.05. The average molecular weight is 244 g/mol. The molecule has 0 atom stereocenters. The third kappa shape index (κ3) is 3.28. The second-order valence-corrected chi connectivity index (χ2v) is 4.38. The maximum Gasteiger partial charge on any atom is 0.304 e. The first-order valence-electron chi connectivity index (χ1n) is 5.90. The Kier molecular flexibility index (Phi) is 3.89. The SMILES string of the molecule is CN(CCC(=O)O)Cc1ccc2ccccc2n1. The molecule has 2 aromatic rings. The lowest BCUT2D eigenvalue weighted by atomic mass is 10.2. The van der Waals surface area contributed by atoms with Crippen LogP contribution in [0.2, 0.25) is 0 Å². The van der Waals surface area contributed by atoms with E-state index in [0.29, 0.717) is 13.1 Å². The third-order valence-corrected chi connectivity index (χ3v) is 2.80. The summed E-state index contributed by atoms with van der Waals surface area (Å²) < 4.78 is 0. The van der Waals surface area contributed by atoms with E-state index < -0.39 is 5.97 Å². The molecule has 4 nitrogen and oxygen atoms in total. The molecule has 0 aliphatic rings. The molecule has 1 aromatic heterocycles. The number of rotatable bonds is 5. The summed E-state index contributed by atoms with van der Waals surface area (Å²) in [5.41, 5.74) is 1.93. The molecule has 0 saturated heterocycles. The summed E-state index contributed by atoms with van der Waals surface area (Å²) in [5, 5.41) is 9.75. The lowest BCUT2D eigenvalue weighted by Gasteiger charge is -2.14. The normalized spacial score (nSPS) is 11.0. The van der Waals surface area contributed by atoms with Gasteiger partial charge in [0.25, 0.3) is 0 Å². The van der Waals surface area contributed by atoms with Crippen molar-refractivity contribution in [3.63, 3.8) is 0 Å². The zero-order valence-electron chi connectivity index (χ0n) is 10.3. The first-order chi connectivity index (χ1) is 8.65. The van der Waals surface area contributed by atoms with Crippen molar-refractivity contribution in [3.05, 3.63) is 42.1 Å². The van der Waals surface area contributed by atoms with E-state index in [9.17, 15) is 4.79 Å². The molecule has 0 saturated carbocycles. The maximum absolute atomic E-state index is 10.5. The van der Waals surface area contributed by atoms with Crippen LogP contribution in [0.5, 0.6) is 0 Å². The number of hydrogen-bond donors (Lipinski definition) is 1. The molecule has 4 heteroatoms. The van der Waals surface area contributed by atoms with Crippen molar-refractivity contribution in [2.75, 3.05) is 13.6 Å². The van der Waals surface area contributed by atoms with Crippen LogP contribution >= 0.6 is 0 Å². The van der Waals surface area contributed by atoms with Crippen LogP contribution in [-0.2, 0) is 11.3 Å². The Morgan fingerprint density at radius 3 is 2.83 bits per heavy atom. The summed E-state index contributed by atoms with van der Waals surface area (Å²) in [7, 11) is 1.90. The summed E-state index contributed by atoms with van der Waals surface area (Å²) in [6.07, 6.45) is 0.157. The number of hydrogen-bond acceptors (Lipinski definition) is 3. The van der Waals surface area contributed by atoms with Crippen LogP contribution in [0.3, 0.4) is 0 Å². The second-order valence-electron chi connectivity index (χ2n) is 4.38. The molecule has 1 aromatic carbocycles. The lowest BCUT2D eigenvalue weighted by molar-refractivity contribution is -0.137. The minimum atomic E-state index is -0.770. The van der Waals surface area contributed by atoms with Gasteiger partial charge in [-0.2, -0.15) is 0 Å². The van der Waals surface area contributed by atoms with Gasteiger partial charge in [-0.25, -0.2) is 0 Å². The molecule has 0 unspecified atom stereocenters. The van der Waals surface area contributed by atoms with Gasteiger partial charge in [-0.15, -0.1) is 0 Å². The molecule has 0 amide bonds. The van der Waals surface area contributed by atoms with Crippen molar-refractivity contribution in [1.29, 1.82) is 0 Å². The highest BCUT2D eigenvalue weighted by molar-refractivity contribution is 5.78. The summed E-state index contributed by atoms with van der Waals surface area (Å²) >= 11 is 0. The van der Waals surface area contributed by atoms with E-state index in [-0.39, 0.29) is 6.42 Å². The third-order valence-electron chi connectivity index (χ3n) is 2.80. The van der Waals surface area contributed by atoms with Gasteiger partial charge in [-0.05, 0) is 19.2 Å². The predicted molar refractivity (Wildman–Crippen MR) is 70.3 cm³/mol. The zero-order valence-corrected chi connectivity index (χ0v) is 10.3. The standard InChI is InChI=1S/C14H16N2O2/c1-16(9-8-14(17)18)10-12-7-6-11-4-2-3-5-13(11)15-12/h2-7H,8-10H2,1H3,(H,17,18). The van der Waals surface area contributed by atoms with Crippen molar-refractivity contribution in [2.24, 2.45) is 0 Å². The highest BCUT2D eigenvalue weighted by Crippen LogP contribution is 2.12. The molecular formula is C14H16N2O2. The number of pyridine rings is 1. The Morgan fingerprint density at radius 1 is 1.28 bits per heavy atom. The van der Waals surface area contributed by atoms with Gasteiger partial charge in [0.05, 0.1) is 17.6 Å². The van der Waals surface area contributed by atoms with Crippen LogP contribution in [0.4, 0.5) is 0 Å². The minimum absolute atomic E-state index is 0.157. The van der Waals surface area contributed by atoms with Crippen LogP contribution in [0.1, 0.15) is 12.1 Å². The number of carbonyl (C=O) groups is 1.